The fraction of sp³-hybridized carbons (Fsp3) is 0.647. The molecule has 1 heterocycles. The smallest absolute Gasteiger partial charge is 0.122 e. The number of piperazine rings is 1. The highest BCUT2D eigenvalue weighted by Gasteiger charge is 2.20. The third-order valence-electron chi connectivity index (χ3n) is 4.22. The van der Waals surface area contributed by atoms with E-state index in [4.69, 9.17) is 0 Å². The minimum absolute atomic E-state index is 0.00602. The molecule has 0 unspecified atom stereocenters. The second-order valence-corrected chi connectivity index (χ2v) is 6.96. The van der Waals surface area contributed by atoms with Crippen LogP contribution in [0, 0.1) is 0 Å². The molecular formula is C17H28N2O. The van der Waals surface area contributed by atoms with Crippen molar-refractivity contribution in [1.29, 1.82) is 0 Å². The zero-order valence-corrected chi connectivity index (χ0v) is 13.3. The summed E-state index contributed by atoms with van der Waals surface area (Å²) in [5.74, 6) is 0.495. The van der Waals surface area contributed by atoms with Crippen molar-refractivity contribution in [2.24, 2.45) is 0 Å². The van der Waals surface area contributed by atoms with Crippen LogP contribution in [0.15, 0.2) is 18.2 Å². The lowest BCUT2D eigenvalue weighted by Crippen LogP contribution is -2.45. The SMILES string of the molecule is CN1CCN(CCc2cccc(C(C)(C)C)c2O)CC1. The molecule has 0 amide bonds. The predicted octanol–water partition coefficient (Wildman–Crippen LogP) is 2.48. The highest BCUT2D eigenvalue weighted by molar-refractivity contribution is 5.44. The zero-order chi connectivity index (χ0) is 14.8. The second-order valence-electron chi connectivity index (χ2n) is 6.96. The van der Waals surface area contributed by atoms with Crippen molar-refractivity contribution in [3.63, 3.8) is 0 Å². The number of hydrogen-bond acceptors (Lipinski definition) is 3. The van der Waals surface area contributed by atoms with Gasteiger partial charge >= 0.3 is 0 Å². The summed E-state index contributed by atoms with van der Waals surface area (Å²) in [6, 6.07) is 6.16. The maximum absolute atomic E-state index is 10.5. The van der Waals surface area contributed by atoms with Gasteiger partial charge in [0.1, 0.15) is 5.75 Å². The van der Waals surface area contributed by atoms with Gasteiger partial charge in [0, 0.05) is 32.7 Å². The summed E-state index contributed by atoms with van der Waals surface area (Å²) in [7, 11) is 2.18. The molecule has 0 radical (unpaired) electrons. The second kappa shape index (κ2) is 6.15. The van der Waals surface area contributed by atoms with E-state index in [0.717, 1.165) is 50.3 Å². The molecule has 1 aromatic rings. The summed E-state index contributed by atoms with van der Waals surface area (Å²) in [5.41, 5.74) is 2.12. The lowest BCUT2D eigenvalue weighted by atomic mass is 9.85. The molecule has 3 nitrogen and oxygen atoms in total. The molecule has 0 aliphatic carbocycles. The molecule has 0 bridgehead atoms. The normalized spacial score (nSPS) is 18.4. The fourth-order valence-corrected chi connectivity index (χ4v) is 2.75. The zero-order valence-electron chi connectivity index (χ0n) is 13.3. The molecule has 0 atom stereocenters. The number of likely N-dealkylation sites (N-methyl/N-ethyl adjacent to an activating group) is 1. The lowest BCUT2D eigenvalue weighted by molar-refractivity contribution is 0.155. The first-order valence-electron chi connectivity index (χ1n) is 7.60. The minimum Gasteiger partial charge on any atom is -0.507 e. The molecule has 1 aliphatic rings. The number of rotatable bonds is 3. The maximum Gasteiger partial charge on any atom is 0.122 e. The minimum atomic E-state index is -0.00602. The van der Waals surface area contributed by atoms with Crippen LogP contribution in [0.2, 0.25) is 0 Å². The van der Waals surface area contributed by atoms with E-state index in [9.17, 15) is 5.11 Å². The van der Waals surface area contributed by atoms with Gasteiger partial charge in [0.05, 0.1) is 0 Å². The number of aromatic hydroxyl groups is 1. The summed E-state index contributed by atoms with van der Waals surface area (Å²) < 4.78 is 0. The Kier molecular flexibility index (Phi) is 4.71. The molecule has 3 heteroatoms. The standard InChI is InChI=1S/C17H28N2O/c1-17(2,3)15-7-5-6-14(16(15)20)8-9-19-12-10-18(4)11-13-19/h5-7,20H,8-13H2,1-4H3. The summed E-state index contributed by atoms with van der Waals surface area (Å²) >= 11 is 0. The molecule has 1 saturated heterocycles. The van der Waals surface area contributed by atoms with Crippen LogP contribution in [0.4, 0.5) is 0 Å². The molecule has 0 aromatic heterocycles. The maximum atomic E-state index is 10.5. The van der Waals surface area contributed by atoms with Crippen molar-refractivity contribution in [2.45, 2.75) is 32.6 Å². The van der Waals surface area contributed by atoms with Crippen LogP contribution in [-0.4, -0.2) is 54.7 Å². The van der Waals surface area contributed by atoms with Crippen LogP contribution < -0.4 is 0 Å². The van der Waals surface area contributed by atoms with E-state index in [0.29, 0.717) is 5.75 Å². The third kappa shape index (κ3) is 3.74. The molecular weight excluding hydrogens is 248 g/mol. The Morgan fingerprint density at radius 3 is 2.35 bits per heavy atom. The average Bonchev–Trinajstić information content (AvgIpc) is 2.38. The number of hydrogen-bond donors (Lipinski definition) is 1. The van der Waals surface area contributed by atoms with Crippen LogP contribution in [0.25, 0.3) is 0 Å². The molecule has 2 rings (SSSR count). The van der Waals surface area contributed by atoms with Gasteiger partial charge in [0.25, 0.3) is 0 Å². The number of benzene rings is 1. The van der Waals surface area contributed by atoms with Crippen molar-refractivity contribution >= 4 is 0 Å². The summed E-state index contributed by atoms with van der Waals surface area (Å²) in [5, 5.41) is 10.5. The lowest BCUT2D eigenvalue weighted by Gasteiger charge is -2.32. The summed E-state index contributed by atoms with van der Waals surface area (Å²) in [6.07, 6.45) is 0.930. The van der Waals surface area contributed by atoms with Gasteiger partial charge in [-0.3, -0.25) is 0 Å². The number of para-hydroxylation sites is 1. The highest BCUT2D eigenvalue weighted by Crippen LogP contribution is 2.33. The summed E-state index contributed by atoms with van der Waals surface area (Å²) in [6.45, 7) is 12.0. The molecule has 1 fully saturated rings. The van der Waals surface area contributed by atoms with Gasteiger partial charge in [-0.05, 0) is 30.0 Å². The van der Waals surface area contributed by atoms with Gasteiger partial charge in [-0.2, -0.15) is 0 Å². The third-order valence-corrected chi connectivity index (χ3v) is 4.22. The molecule has 1 aromatic carbocycles. The number of phenolic OH excluding ortho intramolecular Hbond substituents is 1. The van der Waals surface area contributed by atoms with Crippen molar-refractivity contribution in [1.82, 2.24) is 9.80 Å². The Morgan fingerprint density at radius 2 is 1.75 bits per heavy atom. The first-order chi connectivity index (χ1) is 9.38. The summed E-state index contributed by atoms with van der Waals surface area (Å²) in [4.78, 5) is 4.86. The molecule has 0 saturated carbocycles. The highest BCUT2D eigenvalue weighted by atomic mass is 16.3. The first kappa shape index (κ1) is 15.3. The van der Waals surface area contributed by atoms with Crippen molar-refractivity contribution in [3.8, 4) is 5.75 Å². The molecule has 1 N–H and O–H groups in total. The van der Waals surface area contributed by atoms with Crippen LogP contribution in [0.3, 0.4) is 0 Å². The molecule has 1 aliphatic heterocycles. The van der Waals surface area contributed by atoms with Crippen molar-refractivity contribution in [2.75, 3.05) is 39.8 Å². The number of nitrogens with zero attached hydrogens (tertiary/aromatic N) is 2. The van der Waals surface area contributed by atoms with Crippen molar-refractivity contribution in [3.05, 3.63) is 29.3 Å². The van der Waals surface area contributed by atoms with Crippen LogP contribution in [0.5, 0.6) is 5.75 Å². The van der Waals surface area contributed by atoms with Crippen LogP contribution in [0.1, 0.15) is 31.9 Å². The van der Waals surface area contributed by atoms with E-state index < -0.39 is 0 Å². The van der Waals surface area contributed by atoms with Gasteiger partial charge in [0.15, 0.2) is 0 Å². The van der Waals surface area contributed by atoms with E-state index >= 15 is 0 Å². The van der Waals surface area contributed by atoms with E-state index in [1.54, 1.807) is 0 Å². The Labute approximate surface area is 123 Å². The Hall–Kier alpha value is -1.06. The number of phenols is 1. The largest absolute Gasteiger partial charge is 0.507 e. The van der Waals surface area contributed by atoms with Gasteiger partial charge < -0.3 is 14.9 Å². The van der Waals surface area contributed by atoms with E-state index in [1.165, 1.54) is 0 Å². The van der Waals surface area contributed by atoms with Crippen LogP contribution >= 0.6 is 0 Å². The van der Waals surface area contributed by atoms with Gasteiger partial charge in [0.2, 0.25) is 0 Å². The first-order valence-corrected chi connectivity index (χ1v) is 7.60. The topological polar surface area (TPSA) is 26.7 Å². The molecule has 20 heavy (non-hydrogen) atoms. The molecule has 0 spiro atoms. The van der Waals surface area contributed by atoms with Crippen LogP contribution in [-0.2, 0) is 11.8 Å². The van der Waals surface area contributed by atoms with E-state index in [2.05, 4.69) is 49.8 Å². The quantitative estimate of drug-likeness (QED) is 0.919. The molecule has 112 valence electrons. The van der Waals surface area contributed by atoms with Gasteiger partial charge in [-0.25, -0.2) is 0 Å². The monoisotopic (exact) mass is 276 g/mol. The average molecular weight is 276 g/mol. The predicted molar refractivity (Wildman–Crippen MR) is 84.4 cm³/mol. The Morgan fingerprint density at radius 1 is 1.10 bits per heavy atom. The van der Waals surface area contributed by atoms with Crippen molar-refractivity contribution < 1.29 is 5.11 Å². The van der Waals surface area contributed by atoms with Gasteiger partial charge in [-0.1, -0.05) is 39.0 Å². The van der Waals surface area contributed by atoms with Gasteiger partial charge in [-0.15, -0.1) is 0 Å². The fourth-order valence-electron chi connectivity index (χ4n) is 2.75. The van der Waals surface area contributed by atoms with E-state index in [1.807, 2.05) is 6.07 Å². The van der Waals surface area contributed by atoms with E-state index in [-0.39, 0.29) is 5.41 Å². The Bertz CT molecular complexity index is 443. The Balaban J connectivity index is 2.00.